The molecule has 2 aromatic rings. The summed E-state index contributed by atoms with van der Waals surface area (Å²) in [7, 11) is -4.10. The molecule has 0 aliphatic carbocycles. The number of fused-ring (bicyclic) bond motifs is 1. The Kier molecular flexibility index (Phi) is 5.51. The van der Waals surface area contributed by atoms with E-state index in [9.17, 15) is 18.0 Å². The standard InChI is InChI=1S/C23H27N3O4S/c1-16-8-10-24(11-9-16)22(27)15-25-20-6-4-5-7-21(20)31(29,30)26(23(25)28)19-13-17(2)12-18(3)14-19/h4-7,12-14,16H,8-11,15H2,1-3H3. The van der Waals surface area contributed by atoms with Gasteiger partial charge >= 0.3 is 6.03 Å². The molecular weight excluding hydrogens is 414 g/mol. The minimum absolute atomic E-state index is 0.0221. The lowest BCUT2D eigenvalue weighted by atomic mass is 9.99. The van der Waals surface area contributed by atoms with Gasteiger partial charge in [0.25, 0.3) is 10.0 Å². The molecule has 2 aliphatic rings. The van der Waals surface area contributed by atoms with Crippen LogP contribution < -0.4 is 9.21 Å². The number of para-hydroxylation sites is 1. The summed E-state index contributed by atoms with van der Waals surface area (Å²) in [5.74, 6) is 0.404. The molecular formula is C23H27N3O4S. The van der Waals surface area contributed by atoms with E-state index in [0.29, 0.717) is 19.0 Å². The van der Waals surface area contributed by atoms with Gasteiger partial charge in [-0.1, -0.05) is 25.1 Å². The number of likely N-dealkylation sites (tertiary alicyclic amines) is 1. The molecule has 0 bridgehead atoms. The molecule has 0 atom stereocenters. The van der Waals surface area contributed by atoms with Gasteiger partial charge in [-0.2, -0.15) is 4.31 Å². The lowest BCUT2D eigenvalue weighted by molar-refractivity contribution is -0.130. The Bertz CT molecular complexity index is 1120. The maximum absolute atomic E-state index is 13.5. The monoisotopic (exact) mass is 441 g/mol. The Morgan fingerprint density at radius 2 is 1.65 bits per heavy atom. The summed E-state index contributed by atoms with van der Waals surface area (Å²) in [6.07, 6.45) is 1.86. The molecule has 7 nitrogen and oxygen atoms in total. The molecule has 31 heavy (non-hydrogen) atoms. The van der Waals surface area contributed by atoms with E-state index < -0.39 is 16.1 Å². The molecule has 0 radical (unpaired) electrons. The third-order valence-electron chi connectivity index (χ3n) is 5.95. The van der Waals surface area contributed by atoms with Crippen LogP contribution >= 0.6 is 0 Å². The van der Waals surface area contributed by atoms with Crippen molar-refractivity contribution in [2.24, 2.45) is 5.92 Å². The fourth-order valence-electron chi connectivity index (χ4n) is 4.28. The highest BCUT2D eigenvalue weighted by molar-refractivity contribution is 7.94. The molecule has 0 aromatic heterocycles. The summed E-state index contributed by atoms with van der Waals surface area (Å²) in [6.45, 7) is 6.99. The second-order valence-corrected chi connectivity index (χ2v) is 10.3. The minimum atomic E-state index is -4.10. The third kappa shape index (κ3) is 3.92. The number of aryl methyl sites for hydroxylation is 2. The predicted octanol–water partition coefficient (Wildman–Crippen LogP) is 3.70. The number of anilines is 2. The fourth-order valence-corrected chi connectivity index (χ4v) is 5.85. The molecule has 0 saturated carbocycles. The van der Waals surface area contributed by atoms with Crippen LogP contribution in [0.15, 0.2) is 47.4 Å². The van der Waals surface area contributed by atoms with Crippen LogP contribution in [-0.4, -0.2) is 44.9 Å². The third-order valence-corrected chi connectivity index (χ3v) is 7.70. The van der Waals surface area contributed by atoms with Crippen LogP contribution in [0.1, 0.15) is 30.9 Å². The second kappa shape index (κ2) is 8.00. The number of amides is 3. The highest BCUT2D eigenvalue weighted by Crippen LogP contribution is 2.37. The molecule has 0 unspecified atom stereocenters. The Labute approximate surface area is 183 Å². The largest absolute Gasteiger partial charge is 0.343 e. The van der Waals surface area contributed by atoms with Crippen LogP contribution in [0.5, 0.6) is 0 Å². The van der Waals surface area contributed by atoms with Gasteiger partial charge in [0.15, 0.2) is 0 Å². The Morgan fingerprint density at radius 1 is 1.03 bits per heavy atom. The Morgan fingerprint density at radius 3 is 2.29 bits per heavy atom. The molecule has 3 amide bonds. The van der Waals surface area contributed by atoms with Crippen molar-refractivity contribution in [2.75, 3.05) is 28.8 Å². The molecule has 0 N–H and O–H groups in total. The van der Waals surface area contributed by atoms with Gasteiger partial charge in [0.2, 0.25) is 5.91 Å². The van der Waals surface area contributed by atoms with Gasteiger partial charge in [-0.05, 0) is 68.0 Å². The van der Waals surface area contributed by atoms with Crippen molar-refractivity contribution < 1.29 is 18.0 Å². The molecule has 2 heterocycles. The van der Waals surface area contributed by atoms with Gasteiger partial charge in [0, 0.05) is 13.1 Å². The van der Waals surface area contributed by atoms with Crippen LogP contribution in [0, 0.1) is 19.8 Å². The zero-order valence-electron chi connectivity index (χ0n) is 18.0. The molecule has 4 rings (SSSR count). The van der Waals surface area contributed by atoms with Gasteiger partial charge in [0.05, 0.1) is 11.4 Å². The van der Waals surface area contributed by atoms with Crippen LogP contribution in [0.25, 0.3) is 0 Å². The number of sulfonamides is 1. The first kappa shape index (κ1) is 21.4. The van der Waals surface area contributed by atoms with Crippen molar-refractivity contribution in [3.8, 4) is 0 Å². The number of rotatable bonds is 3. The maximum Gasteiger partial charge on any atom is 0.343 e. The Hall–Kier alpha value is -2.87. The summed E-state index contributed by atoms with van der Waals surface area (Å²) in [4.78, 5) is 29.6. The van der Waals surface area contributed by atoms with Crippen LogP contribution in [-0.2, 0) is 14.8 Å². The first-order chi connectivity index (χ1) is 14.7. The van der Waals surface area contributed by atoms with E-state index in [1.807, 2.05) is 19.9 Å². The average molecular weight is 442 g/mol. The van der Waals surface area contributed by atoms with Crippen molar-refractivity contribution in [1.82, 2.24) is 4.90 Å². The van der Waals surface area contributed by atoms with Gasteiger partial charge in [-0.25, -0.2) is 13.2 Å². The van der Waals surface area contributed by atoms with Crippen LogP contribution in [0.2, 0.25) is 0 Å². The molecule has 1 saturated heterocycles. The van der Waals surface area contributed by atoms with Crippen molar-refractivity contribution in [1.29, 1.82) is 0 Å². The van der Waals surface area contributed by atoms with Crippen LogP contribution in [0.3, 0.4) is 0 Å². The van der Waals surface area contributed by atoms with Gasteiger partial charge < -0.3 is 4.90 Å². The molecule has 2 aliphatic heterocycles. The predicted molar refractivity (Wildman–Crippen MR) is 120 cm³/mol. The number of urea groups is 1. The quantitative estimate of drug-likeness (QED) is 0.728. The summed E-state index contributed by atoms with van der Waals surface area (Å²) in [5, 5.41) is 0. The van der Waals surface area contributed by atoms with E-state index in [2.05, 4.69) is 6.92 Å². The first-order valence-corrected chi connectivity index (χ1v) is 11.9. The van der Waals surface area contributed by atoms with Crippen molar-refractivity contribution in [3.05, 3.63) is 53.6 Å². The highest BCUT2D eigenvalue weighted by atomic mass is 32.2. The summed E-state index contributed by atoms with van der Waals surface area (Å²) < 4.78 is 27.6. The van der Waals surface area contributed by atoms with Gasteiger partial charge in [-0.15, -0.1) is 0 Å². The number of carbonyl (C=O) groups excluding carboxylic acids is 2. The van der Waals surface area contributed by atoms with Crippen molar-refractivity contribution >= 4 is 33.3 Å². The van der Waals surface area contributed by atoms with E-state index >= 15 is 0 Å². The lowest BCUT2D eigenvalue weighted by Gasteiger charge is -2.37. The fraction of sp³-hybridized carbons (Fsp3) is 0.391. The number of piperidine rings is 1. The highest BCUT2D eigenvalue weighted by Gasteiger charge is 2.43. The molecule has 1 fully saturated rings. The minimum Gasteiger partial charge on any atom is -0.341 e. The van der Waals surface area contributed by atoms with Crippen molar-refractivity contribution in [2.45, 2.75) is 38.5 Å². The van der Waals surface area contributed by atoms with E-state index in [1.54, 1.807) is 35.2 Å². The van der Waals surface area contributed by atoms with Crippen LogP contribution in [0.4, 0.5) is 16.2 Å². The topological polar surface area (TPSA) is 78.0 Å². The molecule has 164 valence electrons. The second-order valence-electron chi connectivity index (χ2n) is 8.52. The summed E-state index contributed by atoms with van der Waals surface area (Å²) >= 11 is 0. The number of carbonyl (C=O) groups is 2. The maximum atomic E-state index is 13.5. The number of hydrogen-bond donors (Lipinski definition) is 0. The van der Waals surface area contributed by atoms with E-state index in [0.717, 1.165) is 28.3 Å². The van der Waals surface area contributed by atoms with Gasteiger partial charge in [0.1, 0.15) is 11.4 Å². The summed E-state index contributed by atoms with van der Waals surface area (Å²) in [5.41, 5.74) is 2.22. The van der Waals surface area contributed by atoms with E-state index in [4.69, 9.17) is 0 Å². The van der Waals surface area contributed by atoms with E-state index in [1.165, 1.54) is 11.0 Å². The normalized spacial score (nSPS) is 18.8. The van der Waals surface area contributed by atoms with Crippen molar-refractivity contribution in [3.63, 3.8) is 0 Å². The van der Waals surface area contributed by atoms with E-state index in [-0.39, 0.29) is 28.7 Å². The zero-order valence-corrected chi connectivity index (χ0v) is 18.9. The smallest absolute Gasteiger partial charge is 0.341 e. The number of nitrogens with zero attached hydrogens (tertiary/aromatic N) is 3. The Balaban J connectivity index is 1.75. The number of hydrogen-bond acceptors (Lipinski definition) is 4. The zero-order chi connectivity index (χ0) is 22.3. The summed E-state index contributed by atoms with van der Waals surface area (Å²) in [6, 6.07) is 10.9. The average Bonchev–Trinajstić information content (AvgIpc) is 2.71. The molecule has 8 heteroatoms. The molecule has 2 aromatic carbocycles. The number of benzene rings is 2. The molecule has 0 spiro atoms. The SMILES string of the molecule is Cc1cc(C)cc(N2C(=O)N(CC(=O)N3CCC(C)CC3)c3ccccc3S2(=O)=O)c1. The van der Waals surface area contributed by atoms with Gasteiger partial charge in [-0.3, -0.25) is 9.69 Å². The lowest BCUT2D eigenvalue weighted by Crippen LogP contribution is -2.54. The first-order valence-electron chi connectivity index (χ1n) is 10.5.